The number of carbonyl (C=O) groups excluding carboxylic acids is 1. The lowest BCUT2D eigenvalue weighted by Gasteiger charge is -2.37. The summed E-state index contributed by atoms with van der Waals surface area (Å²) in [6.45, 7) is 4.71. The fraction of sp³-hybridized carbons (Fsp3) is 0.636. The summed E-state index contributed by atoms with van der Waals surface area (Å²) in [7, 11) is 0. The van der Waals surface area contributed by atoms with Crippen LogP contribution < -0.4 is 10.2 Å². The lowest BCUT2D eigenvalue weighted by atomic mass is 9.84. The monoisotopic (exact) mass is 404 g/mol. The van der Waals surface area contributed by atoms with Crippen LogP contribution in [0.1, 0.15) is 50.5 Å². The molecule has 1 aromatic carbocycles. The Hall–Kier alpha value is -2.20. The van der Waals surface area contributed by atoms with Crippen molar-refractivity contribution < 1.29 is 13.6 Å². The molecule has 1 N–H and O–H groups in total. The molecule has 2 aliphatic rings. The Morgan fingerprint density at radius 2 is 1.90 bits per heavy atom. The van der Waals surface area contributed by atoms with Crippen LogP contribution in [0.4, 0.5) is 14.5 Å². The summed E-state index contributed by atoms with van der Waals surface area (Å²) in [4.78, 5) is 16.2. The highest BCUT2D eigenvalue weighted by atomic mass is 19.3. The topological polar surface area (TPSA) is 59.4 Å². The molecule has 1 amide bonds. The third-order valence-corrected chi connectivity index (χ3v) is 6.16. The minimum atomic E-state index is -2.43. The van der Waals surface area contributed by atoms with Crippen molar-refractivity contribution in [2.45, 2.75) is 51.0 Å². The number of rotatable bonds is 7. The first-order valence-electron chi connectivity index (χ1n) is 10.6. The second-order valence-corrected chi connectivity index (χ2v) is 8.13. The molecule has 3 rings (SSSR count). The zero-order valence-electron chi connectivity index (χ0n) is 16.8. The SMILES string of the molecule is N#CCC(=O)NC1CCC(CCN2CCN(c3cccc(C(F)F)c3)CC2)CC1. The van der Waals surface area contributed by atoms with Crippen molar-refractivity contribution in [2.24, 2.45) is 5.92 Å². The summed E-state index contributed by atoms with van der Waals surface area (Å²) in [5.74, 6) is 0.535. The smallest absolute Gasteiger partial charge is 0.263 e. The van der Waals surface area contributed by atoms with Crippen LogP contribution in [0, 0.1) is 17.2 Å². The molecule has 0 unspecified atom stereocenters. The Labute approximate surface area is 171 Å². The second kappa shape index (κ2) is 10.5. The van der Waals surface area contributed by atoms with Gasteiger partial charge in [-0.15, -0.1) is 0 Å². The summed E-state index contributed by atoms with van der Waals surface area (Å²) in [5, 5.41) is 11.5. The predicted octanol–water partition coefficient (Wildman–Crippen LogP) is 3.72. The van der Waals surface area contributed by atoms with E-state index >= 15 is 0 Å². The molecule has 0 bridgehead atoms. The molecule has 158 valence electrons. The molecular weight excluding hydrogens is 374 g/mol. The molecule has 7 heteroatoms. The van der Waals surface area contributed by atoms with Crippen molar-refractivity contribution in [3.8, 4) is 6.07 Å². The molecule has 2 fully saturated rings. The quantitative estimate of drug-likeness (QED) is 0.752. The van der Waals surface area contributed by atoms with Gasteiger partial charge >= 0.3 is 0 Å². The van der Waals surface area contributed by atoms with Crippen molar-refractivity contribution in [3.05, 3.63) is 29.8 Å². The third kappa shape index (κ3) is 6.40. The van der Waals surface area contributed by atoms with Crippen LogP contribution >= 0.6 is 0 Å². The van der Waals surface area contributed by atoms with E-state index in [1.807, 2.05) is 12.1 Å². The highest BCUT2D eigenvalue weighted by molar-refractivity contribution is 5.78. The molecule has 29 heavy (non-hydrogen) atoms. The molecule has 1 heterocycles. The van der Waals surface area contributed by atoms with Crippen LogP contribution in [0.15, 0.2) is 24.3 Å². The zero-order valence-corrected chi connectivity index (χ0v) is 16.8. The highest BCUT2D eigenvalue weighted by Gasteiger charge is 2.24. The number of nitrogens with one attached hydrogen (secondary N) is 1. The van der Waals surface area contributed by atoms with Crippen molar-refractivity contribution in [3.63, 3.8) is 0 Å². The molecule has 0 atom stereocenters. The number of piperazine rings is 1. The second-order valence-electron chi connectivity index (χ2n) is 8.13. The Morgan fingerprint density at radius 1 is 1.17 bits per heavy atom. The first kappa shape index (κ1) is 21.5. The van der Waals surface area contributed by atoms with Crippen LogP contribution in [0.3, 0.4) is 0 Å². The minimum Gasteiger partial charge on any atom is -0.369 e. The predicted molar refractivity (Wildman–Crippen MR) is 109 cm³/mol. The van der Waals surface area contributed by atoms with E-state index in [0.717, 1.165) is 64.1 Å². The van der Waals surface area contributed by atoms with Gasteiger partial charge in [0.05, 0.1) is 6.07 Å². The minimum absolute atomic E-state index is 0.0572. The van der Waals surface area contributed by atoms with E-state index in [-0.39, 0.29) is 23.9 Å². The van der Waals surface area contributed by atoms with E-state index in [0.29, 0.717) is 5.92 Å². The number of amides is 1. The maximum absolute atomic E-state index is 12.9. The number of nitriles is 1. The normalized spacial score (nSPS) is 23.0. The van der Waals surface area contributed by atoms with Gasteiger partial charge in [0.15, 0.2) is 0 Å². The fourth-order valence-corrected chi connectivity index (χ4v) is 4.40. The fourth-order valence-electron chi connectivity index (χ4n) is 4.40. The first-order chi connectivity index (χ1) is 14.0. The molecule has 0 aromatic heterocycles. The van der Waals surface area contributed by atoms with E-state index in [1.165, 1.54) is 12.5 Å². The molecule has 1 saturated heterocycles. The van der Waals surface area contributed by atoms with Gasteiger partial charge in [-0.2, -0.15) is 5.26 Å². The van der Waals surface area contributed by atoms with Gasteiger partial charge in [0, 0.05) is 43.5 Å². The van der Waals surface area contributed by atoms with Gasteiger partial charge in [-0.05, 0) is 56.7 Å². The van der Waals surface area contributed by atoms with E-state index in [4.69, 9.17) is 5.26 Å². The van der Waals surface area contributed by atoms with Gasteiger partial charge in [-0.25, -0.2) is 8.78 Å². The Morgan fingerprint density at radius 3 is 2.55 bits per heavy atom. The summed E-state index contributed by atoms with van der Waals surface area (Å²) >= 11 is 0. The van der Waals surface area contributed by atoms with E-state index in [1.54, 1.807) is 12.1 Å². The van der Waals surface area contributed by atoms with Gasteiger partial charge in [0.1, 0.15) is 6.42 Å². The van der Waals surface area contributed by atoms with Crippen LogP contribution in [0.5, 0.6) is 0 Å². The molecule has 1 aliphatic carbocycles. The number of halogens is 2. The maximum atomic E-state index is 12.9. The summed E-state index contributed by atoms with van der Waals surface area (Å²) in [6, 6.07) is 8.82. The molecule has 1 aromatic rings. The average Bonchev–Trinajstić information content (AvgIpc) is 2.74. The molecule has 0 radical (unpaired) electrons. The van der Waals surface area contributed by atoms with Crippen LogP contribution in [-0.2, 0) is 4.79 Å². The number of nitrogens with zero attached hydrogens (tertiary/aromatic N) is 3. The largest absolute Gasteiger partial charge is 0.369 e. The maximum Gasteiger partial charge on any atom is 0.263 e. The molecule has 0 spiro atoms. The first-order valence-corrected chi connectivity index (χ1v) is 10.6. The molecular formula is C22H30F2N4O. The Bertz CT molecular complexity index is 705. The zero-order chi connectivity index (χ0) is 20.6. The average molecular weight is 405 g/mol. The van der Waals surface area contributed by atoms with Crippen LogP contribution in [0.25, 0.3) is 0 Å². The number of benzene rings is 1. The lowest BCUT2D eigenvalue weighted by Crippen LogP contribution is -2.47. The molecule has 1 saturated carbocycles. The summed E-state index contributed by atoms with van der Waals surface area (Å²) in [5.41, 5.74) is 0.976. The number of carbonyl (C=O) groups is 1. The standard InChI is InChI=1S/C22H30F2N4O/c23-22(24)18-2-1-3-20(16-18)28-14-12-27(13-15-28)11-9-17-4-6-19(7-5-17)26-21(29)8-10-25/h1-3,16-17,19,22H,4-9,11-15H2,(H,26,29). The number of alkyl halides is 2. The summed E-state index contributed by atoms with van der Waals surface area (Å²) in [6.07, 6.45) is 2.92. The van der Waals surface area contributed by atoms with Crippen LogP contribution in [0.2, 0.25) is 0 Å². The molecule has 1 aliphatic heterocycles. The third-order valence-electron chi connectivity index (χ3n) is 6.16. The van der Waals surface area contributed by atoms with E-state index < -0.39 is 6.43 Å². The van der Waals surface area contributed by atoms with Gasteiger partial charge in [0.25, 0.3) is 6.43 Å². The van der Waals surface area contributed by atoms with E-state index in [9.17, 15) is 13.6 Å². The van der Waals surface area contributed by atoms with Crippen molar-refractivity contribution in [2.75, 3.05) is 37.6 Å². The van der Waals surface area contributed by atoms with Crippen molar-refractivity contribution in [1.82, 2.24) is 10.2 Å². The van der Waals surface area contributed by atoms with Gasteiger partial charge in [-0.3, -0.25) is 9.69 Å². The highest BCUT2D eigenvalue weighted by Crippen LogP contribution is 2.28. The lowest BCUT2D eigenvalue weighted by molar-refractivity contribution is -0.121. The Balaban J connectivity index is 1.35. The van der Waals surface area contributed by atoms with Gasteiger partial charge < -0.3 is 10.2 Å². The number of hydrogen-bond donors (Lipinski definition) is 1. The van der Waals surface area contributed by atoms with Crippen molar-refractivity contribution in [1.29, 1.82) is 5.26 Å². The summed E-state index contributed by atoms with van der Waals surface area (Å²) < 4.78 is 25.8. The number of anilines is 1. The van der Waals surface area contributed by atoms with Gasteiger partial charge in [-0.1, -0.05) is 12.1 Å². The Kier molecular flexibility index (Phi) is 7.82. The molecule has 5 nitrogen and oxygen atoms in total. The van der Waals surface area contributed by atoms with E-state index in [2.05, 4.69) is 15.1 Å². The van der Waals surface area contributed by atoms with Crippen molar-refractivity contribution >= 4 is 11.6 Å². The number of hydrogen-bond acceptors (Lipinski definition) is 4. The van der Waals surface area contributed by atoms with Crippen LogP contribution in [-0.4, -0.2) is 49.6 Å². The van der Waals surface area contributed by atoms with Gasteiger partial charge in [0.2, 0.25) is 5.91 Å².